The third-order valence-corrected chi connectivity index (χ3v) is 2.81. The lowest BCUT2D eigenvalue weighted by atomic mass is 10.2. The highest BCUT2D eigenvalue weighted by Gasteiger charge is 2.46. The number of hydrogen-bond donors (Lipinski definition) is 0. The van der Waals surface area contributed by atoms with Gasteiger partial charge in [-0.05, 0) is 29.3 Å². The molecule has 1 aromatic heterocycles. The molecule has 0 saturated heterocycles. The number of aromatic nitrogens is 2. The minimum Gasteiger partial charge on any atom is -0.466 e. The zero-order valence-corrected chi connectivity index (χ0v) is 9.90. The standard InChI is InChI=1S/C10H11BrN2O2/c1-2-15-10(14)7-3-6(7)8-4-13-9(11)5-12-8/h4-7H,2-3H2,1H3/t6?,7-/m0/s1. The van der Waals surface area contributed by atoms with Crippen molar-refractivity contribution in [3.8, 4) is 0 Å². The van der Waals surface area contributed by atoms with Gasteiger partial charge in [0.25, 0.3) is 0 Å². The minimum absolute atomic E-state index is 0.0135. The van der Waals surface area contributed by atoms with Crippen molar-refractivity contribution in [3.05, 3.63) is 22.7 Å². The largest absolute Gasteiger partial charge is 0.466 e. The molecule has 2 rings (SSSR count). The van der Waals surface area contributed by atoms with Gasteiger partial charge in [-0.1, -0.05) is 0 Å². The van der Waals surface area contributed by atoms with E-state index in [9.17, 15) is 4.79 Å². The summed E-state index contributed by atoms with van der Waals surface area (Å²) in [5, 5.41) is 0. The first-order valence-electron chi connectivity index (χ1n) is 4.86. The highest BCUT2D eigenvalue weighted by molar-refractivity contribution is 9.10. The Bertz CT molecular complexity index is 366. The molecule has 0 spiro atoms. The number of carbonyl (C=O) groups is 1. The van der Waals surface area contributed by atoms with Crippen LogP contribution in [0, 0.1) is 5.92 Å². The Labute approximate surface area is 96.2 Å². The number of halogens is 1. The number of esters is 1. The van der Waals surface area contributed by atoms with Gasteiger partial charge in [-0.3, -0.25) is 9.78 Å². The lowest BCUT2D eigenvalue weighted by Gasteiger charge is -2.00. The molecule has 1 aliphatic carbocycles. The third-order valence-electron chi connectivity index (χ3n) is 2.40. The third kappa shape index (κ3) is 2.34. The van der Waals surface area contributed by atoms with Crippen LogP contribution in [0.1, 0.15) is 25.0 Å². The van der Waals surface area contributed by atoms with Gasteiger partial charge in [0.05, 0.1) is 30.6 Å². The first-order chi connectivity index (χ1) is 7.22. The maximum Gasteiger partial charge on any atom is 0.309 e. The monoisotopic (exact) mass is 270 g/mol. The fourth-order valence-corrected chi connectivity index (χ4v) is 1.75. The maximum atomic E-state index is 11.4. The molecule has 4 nitrogen and oxygen atoms in total. The van der Waals surface area contributed by atoms with Crippen molar-refractivity contribution in [1.29, 1.82) is 0 Å². The maximum absolute atomic E-state index is 11.4. The van der Waals surface area contributed by atoms with E-state index in [1.165, 1.54) is 0 Å². The number of hydrogen-bond acceptors (Lipinski definition) is 4. The lowest BCUT2D eigenvalue weighted by Crippen LogP contribution is -2.07. The predicted molar refractivity (Wildman–Crippen MR) is 57.2 cm³/mol. The first-order valence-corrected chi connectivity index (χ1v) is 5.65. The van der Waals surface area contributed by atoms with Gasteiger partial charge in [-0.25, -0.2) is 4.98 Å². The SMILES string of the molecule is CCOC(=O)[C@H]1CC1c1cnc(Br)cn1. The molecule has 0 aromatic carbocycles. The van der Waals surface area contributed by atoms with Gasteiger partial charge in [0, 0.05) is 5.92 Å². The number of rotatable bonds is 3. The molecule has 0 N–H and O–H groups in total. The van der Waals surface area contributed by atoms with Crippen molar-refractivity contribution in [3.63, 3.8) is 0 Å². The van der Waals surface area contributed by atoms with E-state index < -0.39 is 0 Å². The molecular weight excluding hydrogens is 260 g/mol. The van der Waals surface area contributed by atoms with Crippen LogP contribution in [0.5, 0.6) is 0 Å². The van der Waals surface area contributed by atoms with E-state index in [0.29, 0.717) is 11.2 Å². The molecule has 1 aliphatic rings. The van der Waals surface area contributed by atoms with E-state index in [1.807, 2.05) is 6.92 Å². The Kier molecular flexibility index (Phi) is 3.00. The predicted octanol–water partition coefficient (Wildman–Crippen LogP) is 1.91. The number of carbonyl (C=O) groups excluding carboxylic acids is 1. The van der Waals surface area contributed by atoms with Crippen molar-refractivity contribution in [2.24, 2.45) is 5.92 Å². The van der Waals surface area contributed by atoms with Gasteiger partial charge in [0.15, 0.2) is 0 Å². The molecule has 1 unspecified atom stereocenters. The summed E-state index contributed by atoms with van der Waals surface area (Å²) in [5.74, 6) is 0.0669. The Morgan fingerprint density at radius 2 is 2.40 bits per heavy atom. The Morgan fingerprint density at radius 1 is 1.60 bits per heavy atom. The molecule has 1 fully saturated rings. The molecule has 0 amide bonds. The summed E-state index contributed by atoms with van der Waals surface area (Å²) in [6, 6.07) is 0. The molecule has 15 heavy (non-hydrogen) atoms. The van der Waals surface area contributed by atoms with Crippen molar-refractivity contribution in [1.82, 2.24) is 9.97 Å². The minimum atomic E-state index is -0.118. The van der Waals surface area contributed by atoms with Crippen LogP contribution in [-0.2, 0) is 9.53 Å². The molecule has 1 aromatic rings. The van der Waals surface area contributed by atoms with Gasteiger partial charge in [0.2, 0.25) is 0 Å². The molecule has 0 bridgehead atoms. The molecule has 80 valence electrons. The summed E-state index contributed by atoms with van der Waals surface area (Å²) in [7, 11) is 0. The van der Waals surface area contributed by atoms with Crippen LogP contribution in [0.3, 0.4) is 0 Å². The fourth-order valence-electron chi connectivity index (χ4n) is 1.55. The molecule has 2 atom stereocenters. The van der Waals surface area contributed by atoms with E-state index in [0.717, 1.165) is 12.1 Å². The highest BCUT2D eigenvalue weighted by atomic mass is 79.9. The summed E-state index contributed by atoms with van der Waals surface area (Å²) < 4.78 is 5.65. The summed E-state index contributed by atoms with van der Waals surface area (Å²) in [5.41, 5.74) is 0.872. The summed E-state index contributed by atoms with van der Waals surface area (Å²) >= 11 is 3.22. The average molecular weight is 271 g/mol. The van der Waals surface area contributed by atoms with E-state index in [1.54, 1.807) is 12.4 Å². The van der Waals surface area contributed by atoms with Crippen molar-refractivity contribution < 1.29 is 9.53 Å². The summed E-state index contributed by atoms with van der Waals surface area (Å²) in [4.78, 5) is 19.7. The Hall–Kier alpha value is -0.970. The topological polar surface area (TPSA) is 52.1 Å². The second kappa shape index (κ2) is 4.26. The zero-order valence-electron chi connectivity index (χ0n) is 8.31. The zero-order chi connectivity index (χ0) is 10.8. The van der Waals surface area contributed by atoms with Crippen LogP contribution in [0.4, 0.5) is 0 Å². The Balaban J connectivity index is 1.98. The molecular formula is C10H11BrN2O2. The second-order valence-corrected chi connectivity index (χ2v) is 4.28. The Morgan fingerprint density at radius 3 is 3.00 bits per heavy atom. The van der Waals surface area contributed by atoms with Gasteiger partial charge >= 0.3 is 5.97 Å². The summed E-state index contributed by atoms with van der Waals surface area (Å²) in [6.07, 6.45) is 4.18. The molecule has 5 heteroatoms. The van der Waals surface area contributed by atoms with Gasteiger partial charge < -0.3 is 4.74 Å². The molecule has 1 saturated carbocycles. The molecule has 1 heterocycles. The quantitative estimate of drug-likeness (QED) is 0.788. The fraction of sp³-hybridized carbons (Fsp3) is 0.500. The average Bonchev–Trinajstić information content (AvgIpc) is 2.99. The van der Waals surface area contributed by atoms with Gasteiger partial charge in [-0.2, -0.15) is 0 Å². The first kappa shape index (κ1) is 10.5. The van der Waals surface area contributed by atoms with Crippen LogP contribution in [0.2, 0.25) is 0 Å². The van der Waals surface area contributed by atoms with Crippen LogP contribution in [0.25, 0.3) is 0 Å². The number of nitrogens with zero attached hydrogens (tertiary/aromatic N) is 2. The van der Waals surface area contributed by atoms with Crippen LogP contribution in [0.15, 0.2) is 17.0 Å². The normalized spacial score (nSPS) is 23.6. The van der Waals surface area contributed by atoms with E-state index in [4.69, 9.17) is 4.74 Å². The van der Waals surface area contributed by atoms with E-state index in [-0.39, 0.29) is 17.8 Å². The molecule has 0 radical (unpaired) electrons. The lowest BCUT2D eigenvalue weighted by molar-refractivity contribution is -0.144. The number of ether oxygens (including phenoxy) is 1. The van der Waals surface area contributed by atoms with Crippen LogP contribution < -0.4 is 0 Å². The molecule has 0 aliphatic heterocycles. The summed E-state index contributed by atoms with van der Waals surface area (Å²) in [6.45, 7) is 2.25. The van der Waals surface area contributed by atoms with Gasteiger partial charge in [0.1, 0.15) is 4.60 Å². The van der Waals surface area contributed by atoms with Crippen molar-refractivity contribution in [2.45, 2.75) is 19.3 Å². The van der Waals surface area contributed by atoms with Gasteiger partial charge in [-0.15, -0.1) is 0 Å². The van der Waals surface area contributed by atoms with Crippen molar-refractivity contribution in [2.75, 3.05) is 6.61 Å². The smallest absolute Gasteiger partial charge is 0.309 e. The highest BCUT2D eigenvalue weighted by Crippen LogP contribution is 2.47. The van der Waals surface area contributed by atoms with Crippen LogP contribution in [-0.4, -0.2) is 22.5 Å². The van der Waals surface area contributed by atoms with E-state index >= 15 is 0 Å². The van der Waals surface area contributed by atoms with Crippen LogP contribution >= 0.6 is 15.9 Å². The van der Waals surface area contributed by atoms with Crippen molar-refractivity contribution >= 4 is 21.9 Å². The second-order valence-electron chi connectivity index (χ2n) is 3.46. The van der Waals surface area contributed by atoms with E-state index in [2.05, 4.69) is 25.9 Å².